The SMILES string of the molecule is Cc1ccc(-c2cc(C(=O)Nc3cccc(Cl)c3Cl)no2)cc1O. The Balaban J connectivity index is 1.83. The Hall–Kier alpha value is -2.50. The summed E-state index contributed by atoms with van der Waals surface area (Å²) in [5.74, 6) is 0.0266. The number of benzene rings is 2. The van der Waals surface area contributed by atoms with Crippen LogP contribution in [0.2, 0.25) is 10.0 Å². The molecule has 0 aliphatic rings. The largest absolute Gasteiger partial charge is 0.508 e. The van der Waals surface area contributed by atoms with Crippen LogP contribution in [0, 0.1) is 6.92 Å². The Labute approximate surface area is 147 Å². The predicted molar refractivity (Wildman–Crippen MR) is 92.8 cm³/mol. The van der Waals surface area contributed by atoms with E-state index in [1.165, 1.54) is 6.07 Å². The number of amides is 1. The quantitative estimate of drug-likeness (QED) is 0.693. The molecule has 1 amide bonds. The number of carbonyl (C=O) groups is 1. The van der Waals surface area contributed by atoms with Gasteiger partial charge in [-0.05, 0) is 30.7 Å². The van der Waals surface area contributed by atoms with Crippen molar-refractivity contribution in [2.45, 2.75) is 6.92 Å². The van der Waals surface area contributed by atoms with Crippen LogP contribution < -0.4 is 5.32 Å². The monoisotopic (exact) mass is 362 g/mol. The van der Waals surface area contributed by atoms with Gasteiger partial charge in [-0.25, -0.2) is 0 Å². The third-order valence-electron chi connectivity index (χ3n) is 3.44. The first-order valence-corrected chi connectivity index (χ1v) is 7.73. The second-order valence-corrected chi connectivity index (χ2v) is 5.92. The fraction of sp³-hybridized carbons (Fsp3) is 0.0588. The van der Waals surface area contributed by atoms with Crippen molar-refractivity contribution < 1.29 is 14.4 Å². The highest BCUT2D eigenvalue weighted by molar-refractivity contribution is 6.44. The van der Waals surface area contributed by atoms with Crippen LogP contribution in [0.25, 0.3) is 11.3 Å². The van der Waals surface area contributed by atoms with E-state index in [1.807, 2.05) is 0 Å². The van der Waals surface area contributed by atoms with E-state index in [0.29, 0.717) is 22.0 Å². The highest BCUT2D eigenvalue weighted by Crippen LogP contribution is 2.30. The summed E-state index contributed by atoms with van der Waals surface area (Å²) in [7, 11) is 0. The van der Waals surface area contributed by atoms with Crippen LogP contribution in [0.4, 0.5) is 5.69 Å². The third-order valence-corrected chi connectivity index (χ3v) is 4.26. The van der Waals surface area contributed by atoms with Gasteiger partial charge in [-0.3, -0.25) is 4.79 Å². The van der Waals surface area contributed by atoms with Crippen molar-refractivity contribution in [3.8, 4) is 17.1 Å². The topological polar surface area (TPSA) is 75.4 Å². The zero-order chi connectivity index (χ0) is 17.3. The number of phenols is 1. The number of aromatic hydroxyl groups is 1. The van der Waals surface area contributed by atoms with Crippen molar-refractivity contribution in [2.75, 3.05) is 5.32 Å². The number of phenolic OH excluding ortho intramolecular Hbond substituents is 1. The van der Waals surface area contributed by atoms with Gasteiger partial charge in [0.1, 0.15) is 5.75 Å². The van der Waals surface area contributed by atoms with Gasteiger partial charge in [0.15, 0.2) is 11.5 Å². The molecule has 3 rings (SSSR count). The number of hydrogen-bond acceptors (Lipinski definition) is 4. The van der Waals surface area contributed by atoms with Crippen LogP contribution in [-0.2, 0) is 0 Å². The summed E-state index contributed by atoms with van der Waals surface area (Å²) in [6.07, 6.45) is 0. The van der Waals surface area contributed by atoms with E-state index < -0.39 is 5.91 Å². The van der Waals surface area contributed by atoms with Crippen molar-refractivity contribution in [3.05, 3.63) is 63.8 Å². The van der Waals surface area contributed by atoms with Gasteiger partial charge < -0.3 is 14.9 Å². The zero-order valence-corrected chi connectivity index (χ0v) is 14.0. The minimum Gasteiger partial charge on any atom is -0.508 e. The van der Waals surface area contributed by atoms with Crippen LogP contribution in [0.5, 0.6) is 5.75 Å². The predicted octanol–water partition coefficient (Wildman–Crippen LogP) is 4.91. The van der Waals surface area contributed by atoms with Gasteiger partial charge in [0.05, 0.1) is 15.7 Å². The zero-order valence-electron chi connectivity index (χ0n) is 12.5. The number of hydrogen-bond donors (Lipinski definition) is 2. The molecule has 1 aromatic heterocycles. The van der Waals surface area contributed by atoms with E-state index in [0.717, 1.165) is 5.56 Å². The highest BCUT2D eigenvalue weighted by atomic mass is 35.5. The van der Waals surface area contributed by atoms with Crippen LogP contribution in [-0.4, -0.2) is 16.2 Å². The fourth-order valence-electron chi connectivity index (χ4n) is 2.07. The summed E-state index contributed by atoms with van der Waals surface area (Å²) in [4.78, 5) is 12.3. The van der Waals surface area contributed by atoms with Gasteiger partial charge in [-0.15, -0.1) is 0 Å². The summed E-state index contributed by atoms with van der Waals surface area (Å²) in [6.45, 7) is 1.78. The maximum atomic E-state index is 12.3. The number of carbonyl (C=O) groups excluding carboxylic acids is 1. The van der Waals surface area contributed by atoms with Crippen molar-refractivity contribution in [1.82, 2.24) is 5.16 Å². The van der Waals surface area contributed by atoms with Gasteiger partial charge in [0.25, 0.3) is 5.91 Å². The number of anilines is 1. The summed E-state index contributed by atoms with van der Waals surface area (Å²) in [5, 5.41) is 16.7. The molecule has 122 valence electrons. The van der Waals surface area contributed by atoms with Crippen molar-refractivity contribution >= 4 is 34.8 Å². The molecule has 0 spiro atoms. The molecule has 0 saturated carbocycles. The number of rotatable bonds is 3. The molecule has 1 heterocycles. The molecule has 0 saturated heterocycles. The average molecular weight is 363 g/mol. The smallest absolute Gasteiger partial charge is 0.277 e. The average Bonchev–Trinajstić information content (AvgIpc) is 3.04. The fourth-order valence-corrected chi connectivity index (χ4v) is 2.42. The van der Waals surface area contributed by atoms with E-state index in [2.05, 4.69) is 10.5 Å². The normalized spacial score (nSPS) is 10.6. The van der Waals surface area contributed by atoms with Gasteiger partial charge in [0, 0.05) is 11.6 Å². The van der Waals surface area contributed by atoms with Gasteiger partial charge >= 0.3 is 0 Å². The van der Waals surface area contributed by atoms with E-state index >= 15 is 0 Å². The van der Waals surface area contributed by atoms with Crippen LogP contribution >= 0.6 is 23.2 Å². The van der Waals surface area contributed by atoms with Gasteiger partial charge in [-0.2, -0.15) is 0 Å². The van der Waals surface area contributed by atoms with Crippen molar-refractivity contribution in [1.29, 1.82) is 0 Å². The van der Waals surface area contributed by atoms with E-state index in [4.69, 9.17) is 27.7 Å². The first-order chi connectivity index (χ1) is 11.5. The molecule has 3 aromatic rings. The minimum atomic E-state index is -0.481. The lowest BCUT2D eigenvalue weighted by Crippen LogP contribution is -2.12. The van der Waals surface area contributed by atoms with E-state index in [9.17, 15) is 9.90 Å². The van der Waals surface area contributed by atoms with E-state index in [1.54, 1.807) is 43.3 Å². The molecule has 0 unspecified atom stereocenters. The molecule has 24 heavy (non-hydrogen) atoms. The molecule has 0 bridgehead atoms. The molecular weight excluding hydrogens is 351 g/mol. The van der Waals surface area contributed by atoms with Crippen LogP contribution in [0.15, 0.2) is 47.0 Å². The lowest BCUT2D eigenvalue weighted by molar-refractivity contribution is 0.101. The first kappa shape index (κ1) is 16.4. The summed E-state index contributed by atoms with van der Waals surface area (Å²) in [6, 6.07) is 11.5. The Bertz CT molecular complexity index is 922. The van der Waals surface area contributed by atoms with E-state index in [-0.39, 0.29) is 16.5 Å². The summed E-state index contributed by atoms with van der Waals surface area (Å²) in [5.41, 5.74) is 1.82. The number of nitrogens with one attached hydrogen (secondary N) is 1. The number of aromatic nitrogens is 1. The van der Waals surface area contributed by atoms with Crippen LogP contribution in [0.3, 0.4) is 0 Å². The third kappa shape index (κ3) is 3.22. The molecule has 0 fully saturated rings. The first-order valence-electron chi connectivity index (χ1n) is 6.98. The van der Waals surface area contributed by atoms with Gasteiger partial charge in [0.2, 0.25) is 0 Å². The molecule has 7 heteroatoms. The lowest BCUT2D eigenvalue weighted by Gasteiger charge is -2.06. The molecule has 0 radical (unpaired) electrons. The lowest BCUT2D eigenvalue weighted by atomic mass is 10.1. The maximum absolute atomic E-state index is 12.3. The van der Waals surface area contributed by atoms with Crippen molar-refractivity contribution in [2.24, 2.45) is 0 Å². The Kier molecular flexibility index (Phi) is 4.46. The summed E-state index contributed by atoms with van der Waals surface area (Å²) >= 11 is 12.0. The molecule has 0 atom stereocenters. The highest BCUT2D eigenvalue weighted by Gasteiger charge is 2.16. The Morgan fingerprint density at radius 2 is 2.00 bits per heavy atom. The Morgan fingerprint density at radius 3 is 2.75 bits per heavy atom. The second kappa shape index (κ2) is 6.55. The molecule has 2 N–H and O–H groups in total. The van der Waals surface area contributed by atoms with Crippen LogP contribution in [0.1, 0.15) is 16.1 Å². The minimum absolute atomic E-state index is 0.0844. The van der Waals surface area contributed by atoms with Crippen molar-refractivity contribution in [3.63, 3.8) is 0 Å². The number of nitrogens with zero attached hydrogens (tertiary/aromatic N) is 1. The summed E-state index contributed by atoms with van der Waals surface area (Å²) < 4.78 is 5.18. The second-order valence-electron chi connectivity index (χ2n) is 5.13. The Morgan fingerprint density at radius 1 is 1.21 bits per heavy atom. The standard InChI is InChI=1S/C17H12Cl2N2O3/c1-9-5-6-10(7-14(9)22)15-8-13(21-24-15)17(23)20-12-4-2-3-11(18)16(12)19/h2-8,22H,1H3,(H,20,23). The molecular formula is C17H12Cl2N2O3. The van der Waals surface area contributed by atoms with Gasteiger partial charge in [-0.1, -0.05) is 46.6 Å². The maximum Gasteiger partial charge on any atom is 0.277 e. The molecule has 2 aromatic carbocycles. The molecule has 5 nitrogen and oxygen atoms in total. The number of aryl methyl sites for hydroxylation is 1. The molecule has 0 aliphatic carbocycles. The molecule has 0 aliphatic heterocycles. The number of halogens is 2.